The lowest BCUT2D eigenvalue weighted by Gasteiger charge is -2.10. The van der Waals surface area contributed by atoms with Crippen molar-refractivity contribution in [3.8, 4) is 11.5 Å². The molecule has 0 fully saturated rings. The predicted molar refractivity (Wildman–Crippen MR) is 83.2 cm³/mol. The first-order valence-electron chi connectivity index (χ1n) is 6.79. The molecule has 2 aromatic carbocycles. The summed E-state index contributed by atoms with van der Waals surface area (Å²) in [6, 6.07) is 12.7. The van der Waals surface area contributed by atoms with Gasteiger partial charge < -0.3 is 14.8 Å². The molecule has 0 radical (unpaired) electrons. The molecule has 116 valence electrons. The molecule has 0 aliphatic carbocycles. The van der Waals surface area contributed by atoms with Gasteiger partial charge >= 0.3 is 5.69 Å². The molecule has 0 bridgehead atoms. The molecule has 0 aromatic heterocycles. The lowest BCUT2D eigenvalue weighted by molar-refractivity contribution is -0.385. The molecular weight excluding hydrogens is 284 g/mol. The minimum absolute atomic E-state index is 0.0286. The lowest BCUT2D eigenvalue weighted by atomic mass is 10.1. The summed E-state index contributed by atoms with van der Waals surface area (Å²) in [5, 5.41) is 14.3. The highest BCUT2D eigenvalue weighted by Crippen LogP contribution is 2.27. The molecule has 0 saturated heterocycles. The van der Waals surface area contributed by atoms with Crippen molar-refractivity contribution < 1.29 is 14.4 Å². The van der Waals surface area contributed by atoms with E-state index in [1.807, 2.05) is 24.3 Å². The van der Waals surface area contributed by atoms with Crippen molar-refractivity contribution in [3.63, 3.8) is 0 Å². The van der Waals surface area contributed by atoms with Crippen molar-refractivity contribution >= 4 is 5.69 Å². The van der Waals surface area contributed by atoms with Gasteiger partial charge in [-0.2, -0.15) is 0 Å². The van der Waals surface area contributed by atoms with E-state index in [0.717, 1.165) is 16.9 Å². The third-order valence-corrected chi connectivity index (χ3v) is 3.28. The van der Waals surface area contributed by atoms with Gasteiger partial charge in [-0.25, -0.2) is 0 Å². The van der Waals surface area contributed by atoms with E-state index in [0.29, 0.717) is 13.1 Å². The van der Waals surface area contributed by atoms with Crippen LogP contribution in [-0.2, 0) is 13.1 Å². The quantitative estimate of drug-likeness (QED) is 0.629. The lowest BCUT2D eigenvalue weighted by Crippen LogP contribution is -2.13. The van der Waals surface area contributed by atoms with Crippen LogP contribution in [0.2, 0.25) is 0 Å². The first kappa shape index (κ1) is 15.8. The minimum atomic E-state index is -0.442. The minimum Gasteiger partial charge on any atom is -0.496 e. The summed E-state index contributed by atoms with van der Waals surface area (Å²) < 4.78 is 10.3. The van der Waals surface area contributed by atoms with Crippen LogP contribution in [-0.4, -0.2) is 19.1 Å². The second-order valence-corrected chi connectivity index (χ2v) is 4.68. The summed E-state index contributed by atoms with van der Waals surface area (Å²) in [6.07, 6.45) is 0. The number of nitrogens with one attached hydrogen (secondary N) is 1. The smallest absolute Gasteiger partial charge is 0.311 e. The highest BCUT2D eigenvalue weighted by molar-refractivity contribution is 5.48. The number of hydrogen-bond acceptors (Lipinski definition) is 5. The van der Waals surface area contributed by atoms with Crippen LogP contribution in [0.4, 0.5) is 5.69 Å². The zero-order valence-electron chi connectivity index (χ0n) is 12.5. The van der Waals surface area contributed by atoms with Gasteiger partial charge in [-0.05, 0) is 17.7 Å². The topological polar surface area (TPSA) is 73.6 Å². The Bertz CT molecular complexity index is 658. The Hall–Kier alpha value is -2.60. The van der Waals surface area contributed by atoms with Crippen LogP contribution in [0.5, 0.6) is 11.5 Å². The number of para-hydroxylation sites is 1. The molecule has 0 unspecified atom stereocenters. The summed E-state index contributed by atoms with van der Waals surface area (Å²) in [7, 11) is 3.05. The molecule has 6 nitrogen and oxygen atoms in total. The number of nitro benzene ring substituents is 1. The Balaban J connectivity index is 2.03. The van der Waals surface area contributed by atoms with Crippen molar-refractivity contribution in [2.45, 2.75) is 13.1 Å². The molecule has 0 heterocycles. The molecule has 0 atom stereocenters. The summed E-state index contributed by atoms with van der Waals surface area (Å²) >= 11 is 0. The van der Waals surface area contributed by atoms with Gasteiger partial charge in [0.05, 0.1) is 19.1 Å². The fourth-order valence-corrected chi connectivity index (χ4v) is 2.18. The third kappa shape index (κ3) is 3.73. The molecule has 1 N–H and O–H groups in total. The normalized spacial score (nSPS) is 10.3. The standard InChI is InChI=1S/C16H18N2O4/c1-21-15-6-4-3-5-13(15)11-17-10-12-7-8-16(22-2)14(9-12)18(19)20/h3-9,17H,10-11H2,1-2H3. The van der Waals surface area contributed by atoms with Gasteiger partial charge in [0.15, 0.2) is 5.75 Å². The number of ether oxygens (including phenoxy) is 2. The Labute approximate surface area is 128 Å². The number of nitrogens with zero attached hydrogens (tertiary/aromatic N) is 1. The van der Waals surface area contributed by atoms with E-state index in [-0.39, 0.29) is 11.4 Å². The van der Waals surface area contributed by atoms with Crippen LogP contribution in [0.15, 0.2) is 42.5 Å². The maximum absolute atomic E-state index is 11.0. The molecule has 0 amide bonds. The molecule has 2 rings (SSSR count). The zero-order chi connectivity index (χ0) is 15.9. The molecule has 0 saturated carbocycles. The molecule has 2 aromatic rings. The van der Waals surface area contributed by atoms with Crippen LogP contribution in [0.3, 0.4) is 0 Å². The highest BCUT2D eigenvalue weighted by Gasteiger charge is 2.14. The highest BCUT2D eigenvalue weighted by atomic mass is 16.6. The van der Waals surface area contributed by atoms with E-state index in [1.54, 1.807) is 19.2 Å². The summed E-state index contributed by atoms with van der Waals surface area (Å²) in [4.78, 5) is 10.6. The first-order valence-corrected chi connectivity index (χ1v) is 6.79. The Kier molecular flexibility index (Phi) is 5.32. The van der Waals surface area contributed by atoms with Crippen LogP contribution in [0.25, 0.3) is 0 Å². The van der Waals surface area contributed by atoms with E-state index in [4.69, 9.17) is 9.47 Å². The monoisotopic (exact) mass is 302 g/mol. The summed E-state index contributed by atoms with van der Waals surface area (Å²) in [6.45, 7) is 1.13. The predicted octanol–water partition coefficient (Wildman–Crippen LogP) is 2.90. The third-order valence-electron chi connectivity index (χ3n) is 3.28. The van der Waals surface area contributed by atoms with Gasteiger partial charge in [0.25, 0.3) is 0 Å². The van der Waals surface area contributed by atoms with Crippen molar-refractivity contribution in [2.75, 3.05) is 14.2 Å². The van der Waals surface area contributed by atoms with Crippen LogP contribution >= 0.6 is 0 Å². The summed E-state index contributed by atoms with van der Waals surface area (Å²) in [5.41, 5.74) is 1.83. The number of rotatable bonds is 7. The largest absolute Gasteiger partial charge is 0.496 e. The second-order valence-electron chi connectivity index (χ2n) is 4.68. The maximum atomic E-state index is 11.0. The average molecular weight is 302 g/mol. The van der Waals surface area contributed by atoms with Gasteiger partial charge in [-0.1, -0.05) is 24.3 Å². The van der Waals surface area contributed by atoms with E-state index < -0.39 is 4.92 Å². The Morgan fingerprint density at radius 3 is 2.45 bits per heavy atom. The fraction of sp³-hybridized carbons (Fsp3) is 0.250. The molecule has 0 aliphatic rings. The van der Waals surface area contributed by atoms with E-state index in [1.165, 1.54) is 13.2 Å². The van der Waals surface area contributed by atoms with E-state index in [2.05, 4.69) is 5.32 Å². The van der Waals surface area contributed by atoms with Crippen molar-refractivity contribution in [1.29, 1.82) is 0 Å². The first-order chi connectivity index (χ1) is 10.7. The van der Waals surface area contributed by atoms with Crippen molar-refractivity contribution in [2.24, 2.45) is 0 Å². The Morgan fingerprint density at radius 2 is 1.77 bits per heavy atom. The molecule has 0 spiro atoms. The molecule has 0 aliphatic heterocycles. The average Bonchev–Trinajstić information content (AvgIpc) is 2.55. The number of nitro groups is 1. The number of benzene rings is 2. The van der Waals surface area contributed by atoms with Gasteiger partial charge in [-0.3, -0.25) is 10.1 Å². The van der Waals surface area contributed by atoms with Crippen molar-refractivity contribution in [1.82, 2.24) is 5.32 Å². The molecule has 6 heteroatoms. The van der Waals surface area contributed by atoms with E-state index in [9.17, 15) is 10.1 Å². The van der Waals surface area contributed by atoms with Crippen LogP contribution < -0.4 is 14.8 Å². The molecular formula is C16H18N2O4. The van der Waals surface area contributed by atoms with Crippen LogP contribution in [0, 0.1) is 10.1 Å². The Morgan fingerprint density at radius 1 is 1.05 bits per heavy atom. The maximum Gasteiger partial charge on any atom is 0.311 e. The van der Waals surface area contributed by atoms with E-state index >= 15 is 0 Å². The van der Waals surface area contributed by atoms with Crippen LogP contribution in [0.1, 0.15) is 11.1 Å². The fourth-order valence-electron chi connectivity index (χ4n) is 2.18. The van der Waals surface area contributed by atoms with Gasteiger partial charge in [0.1, 0.15) is 5.75 Å². The SMILES string of the molecule is COc1ccccc1CNCc1ccc(OC)c([N+](=O)[O-])c1. The summed E-state index contributed by atoms with van der Waals surface area (Å²) in [5.74, 6) is 1.08. The van der Waals surface area contributed by atoms with Gasteiger partial charge in [0.2, 0.25) is 0 Å². The van der Waals surface area contributed by atoms with Gasteiger partial charge in [0, 0.05) is 24.7 Å². The zero-order valence-corrected chi connectivity index (χ0v) is 12.5. The van der Waals surface area contributed by atoms with Gasteiger partial charge in [-0.15, -0.1) is 0 Å². The number of hydrogen-bond donors (Lipinski definition) is 1. The number of methoxy groups -OCH3 is 2. The van der Waals surface area contributed by atoms with Crippen molar-refractivity contribution in [3.05, 3.63) is 63.7 Å². The molecule has 22 heavy (non-hydrogen) atoms. The second kappa shape index (κ2) is 7.42.